The Bertz CT molecular complexity index is 511. The van der Waals surface area contributed by atoms with Gasteiger partial charge < -0.3 is 10.4 Å². The van der Waals surface area contributed by atoms with Crippen LogP contribution in [-0.2, 0) is 11.2 Å². The summed E-state index contributed by atoms with van der Waals surface area (Å²) in [6, 6.07) is 7.66. The topological polar surface area (TPSA) is 49.3 Å². The van der Waals surface area contributed by atoms with E-state index in [9.17, 15) is 4.79 Å². The molecule has 0 unspecified atom stereocenters. The molecule has 0 aliphatic rings. The first kappa shape index (κ1) is 22.3. The van der Waals surface area contributed by atoms with Gasteiger partial charge in [-0.2, -0.15) is 0 Å². The van der Waals surface area contributed by atoms with Crippen LogP contribution in [0.5, 0.6) is 0 Å². The maximum Gasteiger partial charge on any atom is 0.307 e. The number of rotatable bonds is 16. The van der Waals surface area contributed by atoms with E-state index in [-0.39, 0.29) is 6.42 Å². The average molecular weight is 360 g/mol. The molecule has 0 radical (unpaired) electrons. The Morgan fingerprint density at radius 1 is 0.923 bits per heavy atom. The van der Waals surface area contributed by atoms with Gasteiger partial charge in [0.2, 0.25) is 0 Å². The minimum absolute atomic E-state index is 0.0711. The molecule has 1 aromatic carbocycles. The molecule has 2 N–H and O–H groups in total. The number of unbranched alkanes of at least 4 members (excludes halogenated alkanes) is 9. The van der Waals surface area contributed by atoms with E-state index in [1.807, 2.05) is 24.3 Å². The van der Waals surface area contributed by atoms with E-state index in [1.165, 1.54) is 57.8 Å². The number of carboxylic acids is 1. The number of anilines is 1. The number of aliphatic carboxylic acids is 1. The molecule has 1 aromatic rings. The molecule has 0 fully saturated rings. The molecule has 0 aromatic heterocycles. The molecule has 0 spiro atoms. The van der Waals surface area contributed by atoms with Gasteiger partial charge in [-0.3, -0.25) is 4.79 Å². The maximum absolute atomic E-state index is 10.9. The van der Waals surface area contributed by atoms with Crippen molar-refractivity contribution in [3.8, 4) is 0 Å². The molecule has 0 heterocycles. The first-order valence-electron chi connectivity index (χ1n) is 10.4. The lowest BCUT2D eigenvalue weighted by Gasteiger charge is -2.10. The number of carbonyl (C=O) groups is 1. The van der Waals surface area contributed by atoms with E-state index in [0.717, 1.165) is 30.6 Å². The average Bonchev–Trinajstić information content (AvgIpc) is 2.63. The van der Waals surface area contributed by atoms with Gasteiger partial charge in [0.15, 0.2) is 0 Å². The van der Waals surface area contributed by atoms with Gasteiger partial charge in [0.25, 0.3) is 0 Å². The zero-order chi connectivity index (χ0) is 18.9. The quantitative estimate of drug-likeness (QED) is 0.258. The summed E-state index contributed by atoms with van der Waals surface area (Å²) < 4.78 is 0. The standard InChI is InChI=1S/C23H37NO2/c1-2-3-4-5-6-7-8-9-10-11-12-13-16-19-24-22-18-15-14-17-21(22)20-23(25)26/h11-12,14-15,17-18,24H,2-10,13,16,19-20H2,1H3,(H,25,26)/b12-11+. The van der Waals surface area contributed by atoms with E-state index >= 15 is 0 Å². The Morgan fingerprint density at radius 3 is 2.23 bits per heavy atom. The first-order chi connectivity index (χ1) is 12.7. The van der Waals surface area contributed by atoms with Crippen LogP contribution in [0, 0.1) is 0 Å². The van der Waals surface area contributed by atoms with Gasteiger partial charge in [0.05, 0.1) is 6.42 Å². The van der Waals surface area contributed by atoms with E-state index < -0.39 is 5.97 Å². The molecule has 3 heteroatoms. The number of para-hydroxylation sites is 1. The van der Waals surface area contributed by atoms with Crippen molar-refractivity contribution >= 4 is 11.7 Å². The second-order valence-corrected chi connectivity index (χ2v) is 7.03. The van der Waals surface area contributed by atoms with Crippen LogP contribution in [0.1, 0.15) is 83.1 Å². The van der Waals surface area contributed by atoms with Gasteiger partial charge in [-0.15, -0.1) is 0 Å². The SMILES string of the molecule is CCCCCCCCCC/C=C/CCCNc1ccccc1CC(=O)O. The van der Waals surface area contributed by atoms with Crippen LogP contribution in [-0.4, -0.2) is 17.6 Å². The lowest BCUT2D eigenvalue weighted by molar-refractivity contribution is -0.136. The Balaban J connectivity index is 2.00. The third-order valence-corrected chi connectivity index (χ3v) is 4.61. The molecular weight excluding hydrogens is 322 g/mol. The molecule has 0 aliphatic carbocycles. The van der Waals surface area contributed by atoms with Crippen LogP contribution in [0.4, 0.5) is 5.69 Å². The molecule has 0 saturated heterocycles. The lowest BCUT2D eigenvalue weighted by atomic mass is 10.1. The Kier molecular flexibility index (Phi) is 13.3. The van der Waals surface area contributed by atoms with Gasteiger partial charge in [0, 0.05) is 12.2 Å². The largest absolute Gasteiger partial charge is 0.481 e. The van der Waals surface area contributed by atoms with Crippen molar-refractivity contribution in [3.63, 3.8) is 0 Å². The van der Waals surface area contributed by atoms with Crippen molar-refractivity contribution in [1.82, 2.24) is 0 Å². The fraction of sp³-hybridized carbons (Fsp3) is 0.609. The predicted octanol–water partition coefficient (Wildman–Crippen LogP) is 6.59. The Hall–Kier alpha value is -1.77. The molecule has 0 bridgehead atoms. The summed E-state index contributed by atoms with van der Waals surface area (Å²) in [6.07, 6.45) is 19.0. The first-order valence-corrected chi connectivity index (χ1v) is 10.4. The second kappa shape index (κ2) is 15.5. The number of carboxylic acid groups (broad SMARTS) is 1. The summed E-state index contributed by atoms with van der Waals surface area (Å²) in [4.78, 5) is 10.9. The van der Waals surface area contributed by atoms with E-state index in [1.54, 1.807) is 0 Å². The smallest absolute Gasteiger partial charge is 0.307 e. The van der Waals surface area contributed by atoms with Crippen molar-refractivity contribution in [1.29, 1.82) is 0 Å². The lowest BCUT2D eigenvalue weighted by Crippen LogP contribution is -2.07. The van der Waals surface area contributed by atoms with E-state index in [4.69, 9.17) is 5.11 Å². The number of nitrogens with one attached hydrogen (secondary N) is 1. The highest BCUT2D eigenvalue weighted by Gasteiger charge is 2.05. The van der Waals surface area contributed by atoms with E-state index in [2.05, 4.69) is 24.4 Å². The predicted molar refractivity (Wildman–Crippen MR) is 112 cm³/mol. The Labute approximate surface area is 159 Å². The van der Waals surface area contributed by atoms with Crippen LogP contribution in [0.3, 0.4) is 0 Å². The number of hydrogen-bond donors (Lipinski definition) is 2. The molecule has 0 aliphatic heterocycles. The Morgan fingerprint density at radius 2 is 1.54 bits per heavy atom. The fourth-order valence-corrected chi connectivity index (χ4v) is 3.08. The van der Waals surface area contributed by atoms with Crippen molar-refractivity contribution in [3.05, 3.63) is 42.0 Å². The number of allylic oxidation sites excluding steroid dienone is 2. The molecule has 0 amide bonds. The minimum atomic E-state index is -0.789. The molecule has 146 valence electrons. The highest BCUT2D eigenvalue weighted by molar-refractivity contribution is 5.73. The van der Waals surface area contributed by atoms with Crippen LogP contribution < -0.4 is 5.32 Å². The van der Waals surface area contributed by atoms with Crippen LogP contribution in [0.25, 0.3) is 0 Å². The molecule has 3 nitrogen and oxygen atoms in total. The van der Waals surface area contributed by atoms with Crippen molar-refractivity contribution in [2.75, 3.05) is 11.9 Å². The fourth-order valence-electron chi connectivity index (χ4n) is 3.08. The van der Waals surface area contributed by atoms with Crippen LogP contribution >= 0.6 is 0 Å². The van der Waals surface area contributed by atoms with Crippen molar-refractivity contribution in [2.45, 2.75) is 84.0 Å². The normalized spacial score (nSPS) is 11.1. The summed E-state index contributed by atoms with van der Waals surface area (Å²) in [5.74, 6) is -0.789. The van der Waals surface area contributed by atoms with Crippen molar-refractivity contribution < 1.29 is 9.90 Å². The van der Waals surface area contributed by atoms with Crippen molar-refractivity contribution in [2.24, 2.45) is 0 Å². The summed E-state index contributed by atoms with van der Waals surface area (Å²) in [6.45, 7) is 3.14. The van der Waals surface area contributed by atoms with Crippen LogP contribution in [0.15, 0.2) is 36.4 Å². The van der Waals surface area contributed by atoms with E-state index in [0.29, 0.717) is 0 Å². The highest BCUT2D eigenvalue weighted by atomic mass is 16.4. The zero-order valence-corrected chi connectivity index (χ0v) is 16.5. The molecule has 26 heavy (non-hydrogen) atoms. The van der Waals surface area contributed by atoms with Gasteiger partial charge in [-0.05, 0) is 37.3 Å². The number of benzene rings is 1. The zero-order valence-electron chi connectivity index (χ0n) is 16.5. The van der Waals surface area contributed by atoms with Gasteiger partial charge >= 0.3 is 5.97 Å². The third-order valence-electron chi connectivity index (χ3n) is 4.61. The maximum atomic E-state index is 10.9. The third kappa shape index (κ3) is 11.7. The highest BCUT2D eigenvalue weighted by Crippen LogP contribution is 2.16. The minimum Gasteiger partial charge on any atom is -0.481 e. The molecule has 0 saturated carbocycles. The molecule has 0 atom stereocenters. The number of hydrogen-bond acceptors (Lipinski definition) is 2. The summed E-state index contributed by atoms with van der Waals surface area (Å²) in [7, 11) is 0. The van der Waals surface area contributed by atoms with Gasteiger partial charge in [-0.25, -0.2) is 0 Å². The second-order valence-electron chi connectivity index (χ2n) is 7.03. The van der Waals surface area contributed by atoms with Crippen LogP contribution in [0.2, 0.25) is 0 Å². The summed E-state index contributed by atoms with van der Waals surface area (Å²) >= 11 is 0. The molecular formula is C23H37NO2. The molecule has 1 rings (SSSR count). The van der Waals surface area contributed by atoms with Gasteiger partial charge in [-0.1, -0.05) is 82.2 Å². The monoisotopic (exact) mass is 359 g/mol. The van der Waals surface area contributed by atoms with Gasteiger partial charge in [0.1, 0.15) is 0 Å². The summed E-state index contributed by atoms with van der Waals surface area (Å²) in [5, 5.41) is 12.3. The summed E-state index contributed by atoms with van der Waals surface area (Å²) in [5.41, 5.74) is 1.79.